The molecule has 0 aromatic heterocycles. The molecule has 1 unspecified atom stereocenters. The van der Waals surface area contributed by atoms with E-state index in [0.29, 0.717) is 5.56 Å². The predicted molar refractivity (Wildman–Crippen MR) is 84.0 cm³/mol. The van der Waals surface area contributed by atoms with Crippen molar-refractivity contribution in [1.82, 2.24) is 5.43 Å². The molecule has 0 aliphatic rings. The molecule has 2 aromatic rings. The molecule has 0 spiro atoms. The molecule has 0 heterocycles. The first-order chi connectivity index (χ1) is 9.58. The van der Waals surface area contributed by atoms with E-state index in [4.69, 9.17) is 10.6 Å². The van der Waals surface area contributed by atoms with Crippen LogP contribution in [0.5, 0.6) is 5.75 Å². The largest absolute Gasteiger partial charge is 0.494 e. The van der Waals surface area contributed by atoms with Crippen LogP contribution in [0.2, 0.25) is 0 Å². The van der Waals surface area contributed by atoms with Crippen molar-refractivity contribution in [3.63, 3.8) is 0 Å². The number of nitrogens with two attached hydrogens (primary N) is 1. The van der Waals surface area contributed by atoms with Gasteiger partial charge in [-0.3, -0.25) is 5.84 Å². The van der Waals surface area contributed by atoms with E-state index >= 15 is 0 Å². The monoisotopic (exact) mass is 402 g/mol. The number of rotatable bonds is 4. The van der Waals surface area contributed by atoms with Gasteiger partial charge in [-0.1, -0.05) is 50.1 Å². The third-order valence-electron chi connectivity index (χ3n) is 2.96. The van der Waals surface area contributed by atoms with Gasteiger partial charge in [0.25, 0.3) is 0 Å². The SMILES string of the molecule is COc1cccc(C(NN)c2ccc(Br)cc2Br)c1F. The molecule has 3 nitrogen and oxygen atoms in total. The lowest BCUT2D eigenvalue weighted by Crippen LogP contribution is -2.29. The Morgan fingerprint density at radius 2 is 1.95 bits per heavy atom. The van der Waals surface area contributed by atoms with Gasteiger partial charge in [-0.15, -0.1) is 0 Å². The van der Waals surface area contributed by atoms with Gasteiger partial charge < -0.3 is 4.74 Å². The van der Waals surface area contributed by atoms with Crippen molar-refractivity contribution < 1.29 is 9.13 Å². The Morgan fingerprint density at radius 1 is 1.20 bits per heavy atom. The normalized spacial score (nSPS) is 12.2. The molecule has 0 saturated heterocycles. The van der Waals surface area contributed by atoms with Gasteiger partial charge in [-0.2, -0.15) is 0 Å². The molecular formula is C14H13Br2FN2O. The first-order valence-electron chi connectivity index (χ1n) is 5.82. The maximum Gasteiger partial charge on any atom is 0.170 e. The molecule has 0 radical (unpaired) electrons. The van der Waals surface area contributed by atoms with Crippen molar-refractivity contribution in [3.8, 4) is 5.75 Å². The van der Waals surface area contributed by atoms with Gasteiger partial charge in [-0.05, 0) is 23.8 Å². The number of benzene rings is 2. The Morgan fingerprint density at radius 3 is 2.55 bits per heavy atom. The summed E-state index contributed by atoms with van der Waals surface area (Å²) < 4.78 is 21.1. The second kappa shape index (κ2) is 6.67. The van der Waals surface area contributed by atoms with E-state index in [-0.39, 0.29) is 5.75 Å². The van der Waals surface area contributed by atoms with Crippen LogP contribution in [0.1, 0.15) is 17.2 Å². The topological polar surface area (TPSA) is 47.3 Å². The Labute approximate surface area is 133 Å². The van der Waals surface area contributed by atoms with Crippen LogP contribution in [0.3, 0.4) is 0 Å². The molecule has 3 N–H and O–H groups in total. The van der Waals surface area contributed by atoms with Gasteiger partial charge in [0.05, 0.1) is 13.2 Å². The molecule has 1 atom stereocenters. The molecule has 0 bridgehead atoms. The number of nitrogens with one attached hydrogen (secondary N) is 1. The van der Waals surface area contributed by atoms with E-state index in [1.807, 2.05) is 18.2 Å². The van der Waals surface area contributed by atoms with E-state index < -0.39 is 11.9 Å². The van der Waals surface area contributed by atoms with Gasteiger partial charge in [0, 0.05) is 14.5 Å². The van der Waals surface area contributed by atoms with Gasteiger partial charge >= 0.3 is 0 Å². The smallest absolute Gasteiger partial charge is 0.170 e. The maximum absolute atomic E-state index is 14.4. The summed E-state index contributed by atoms with van der Waals surface area (Å²) in [5, 5.41) is 0. The molecule has 0 saturated carbocycles. The van der Waals surface area contributed by atoms with E-state index in [2.05, 4.69) is 37.3 Å². The Bertz CT molecular complexity index is 622. The highest BCUT2D eigenvalue weighted by molar-refractivity contribution is 9.11. The molecule has 106 valence electrons. The minimum atomic E-state index is -0.479. The molecule has 2 rings (SSSR count). The first kappa shape index (κ1) is 15.4. The highest BCUT2D eigenvalue weighted by Crippen LogP contribution is 2.33. The van der Waals surface area contributed by atoms with Crippen LogP contribution in [0.25, 0.3) is 0 Å². The van der Waals surface area contributed by atoms with E-state index in [1.165, 1.54) is 7.11 Å². The third kappa shape index (κ3) is 3.03. The van der Waals surface area contributed by atoms with E-state index in [0.717, 1.165) is 14.5 Å². The average Bonchev–Trinajstić information content (AvgIpc) is 2.43. The van der Waals surface area contributed by atoms with Crippen LogP contribution in [0.15, 0.2) is 45.3 Å². The minimum Gasteiger partial charge on any atom is -0.494 e. The second-order valence-electron chi connectivity index (χ2n) is 4.13. The van der Waals surface area contributed by atoms with Crippen molar-refractivity contribution >= 4 is 31.9 Å². The van der Waals surface area contributed by atoms with Gasteiger partial charge in [0.15, 0.2) is 11.6 Å². The van der Waals surface area contributed by atoms with Gasteiger partial charge in [-0.25, -0.2) is 9.82 Å². The van der Waals surface area contributed by atoms with E-state index in [9.17, 15) is 4.39 Å². The fourth-order valence-electron chi connectivity index (χ4n) is 1.99. The standard InChI is InChI=1S/C14H13Br2FN2O/c1-20-12-4-2-3-10(13(12)17)14(19-18)9-6-5-8(15)7-11(9)16/h2-7,14,19H,18H2,1H3. The lowest BCUT2D eigenvalue weighted by atomic mass is 9.98. The zero-order valence-corrected chi connectivity index (χ0v) is 13.8. The highest BCUT2D eigenvalue weighted by atomic mass is 79.9. The number of hydrogen-bond acceptors (Lipinski definition) is 3. The lowest BCUT2D eigenvalue weighted by molar-refractivity contribution is 0.381. The zero-order chi connectivity index (χ0) is 14.7. The summed E-state index contributed by atoms with van der Waals surface area (Å²) in [5.74, 6) is 5.38. The number of halogens is 3. The molecular weight excluding hydrogens is 391 g/mol. The zero-order valence-electron chi connectivity index (χ0n) is 10.7. The summed E-state index contributed by atoms with van der Waals surface area (Å²) in [6, 6.07) is 10.1. The lowest BCUT2D eigenvalue weighted by Gasteiger charge is -2.20. The van der Waals surface area contributed by atoms with Gasteiger partial charge in [0.2, 0.25) is 0 Å². The summed E-state index contributed by atoms with van der Waals surface area (Å²) in [6.07, 6.45) is 0. The summed E-state index contributed by atoms with van der Waals surface area (Å²) in [6.45, 7) is 0. The van der Waals surface area contributed by atoms with Crippen LogP contribution in [-0.4, -0.2) is 7.11 Å². The molecule has 0 aliphatic carbocycles. The molecule has 0 aliphatic heterocycles. The summed E-state index contributed by atoms with van der Waals surface area (Å²) in [4.78, 5) is 0. The summed E-state index contributed by atoms with van der Waals surface area (Å²) in [5.41, 5.74) is 3.91. The Balaban J connectivity index is 2.52. The highest BCUT2D eigenvalue weighted by Gasteiger charge is 2.21. The third-order valence-corrected chi connectivity index (χ3v) is 4.14. The Kier molecular flexibility index (Phi) is 5.15. The number of ether oxygens (including phenoxy) is 1. The Hall–Kier alpha value is -0.950. The molecule has 6 heteroatoms. The van der Waals surface area contributed by atoms with Crippen molar-refractivity contribution in [2.24, 2.45) is 5.84 Å². The summed E-state index contributed by atoms with van der Waals surface area (Å²) in [7, 11) is 1.43. The van der Waals surface area contributed by atoms with Crippen LogP contribution in [0, 0.1) is 5.82 Å². The van der Waals surface area contributed by atoms with Crippen molar-refractivity contribution in [2.75, 3.05) is 7.11 Å². The van der Waals surface area contributed by atoms with Crippen molar-refractivity contribution in [3.05, 3.63) is 62.3 Å². The number of hydrazine groups is 1. The first-order valence-corrected chi connectivity index (χ1v) is 7.40. The van der Waals surface area contributed by atoms with Crippen molar-refractivity contribution in [2.45, 2.75) is 6.04 Å². The van der Waals surface area contributed by atoms with Crippen molar-refractivity contribution in [1.29, 1.82) is 0 Å². The fraction of sp³-hybridized carbons (Fsp3) is 0.143. The quantitative estimate of drug-likeness (QED) is 0.600. The van der Waals surface area contributed by atoms with Crippen LogP contribution in [-0.2, 0) is 0 Å². The summed E-state index contributed by atoms with van der Waals surface area (Å²) >= 11 is 6.85. The molecule has 2 aromatic carbocycles. The van der Waals surface area contributed by atoms with E-state index in [1.54, 1.807) is 18.2 Å². The van der Waals surface area contributed by atoms with Gasteiger partial charge in [0.1, 0.15) is 0 Å². The minimum absolute atomic E-state index is 0.191. The average molecular weight is 404 g/mol. The maximum atomic E-state index is 14.4. The predicted octanol–water partition coefficient (Wildman–Crippen LogP) is 3.91. The molecule has 0 fully saturated rings. The van der Waals surface area contributed by atoms with Crippen LogP contribution in [0.4, 0.5) is 4.39 Å². The number of methoxy groups -OCH3 is 1. The number of hydrogen-bond donors (Lipinski definition) is 2. The second-order valence-corrected chi connectivity index (χ2v) is 5.90. The molecule has 20 heavy (non-hydrogen) atoms. The molecule has 0 amide bonds. The fourth-order valence-corrected chi connectivity index (χ4v) is 3.27. The van der Waals surface area contributed by atoms with Crippen LogP contribution >= 0.6 is 31.9 Å². The van der Waals surface area contributed by atoms with Crippen LogP contribution < -0.4 is 16.0 Å².